The Morgan fingerprint density at radius 3 is 2.67 bits per heavy atom. The molecule has 1 saturated heterocycles. The van der Waals surface area contributed by atoms with E-state index in [1.807, 2.05) is 13.8 Å². The summed E-state index contributed by atoms with van der Waals surface area (Å²) in [5.74, 6) is 1.70. The average Bonchev–Trinajstić information content (AvgIpc) is 2.47. The van der Waals surface area contributed by atoms with Gasteiger partial charge >= 0.3 is 0 Å². The first-order valence-electron chi connectivity index (χ1n) is 8.82. The largest absolute Gasteiger partial charge is 0.368 e. The first-order chi connectivity index (χ1) is 10.0. The number of rotatable bonds is 7. The Kier molecular flexibility index (Phi) is 6.06. The lowest BCUT2D eigenvalue weighted by molar-refractivity contribution is -0.124. The zero-order valence-corrected chi connectivity index (χ0v) is 13.9. The zero-order chi connectivity index (χ0) is 15.3. The van der Waals surface area contributed by atoms with Gasteiger partial charge in [-0.05, 0) is 64.1 Å². The van der Waals surface area contributed by atoms with E-state index in [0.29, 0.717) is 0 Å². The molecule has 21 heavy (non-hydrogen) atoms. The highest BCUT2D eigenvalue weighted by Crippen LogP contribution is 2.36. The van der Waals surface area contributed by atoms with Crippen LogP contribution >= 0.6 is 0 Å². The van der Waals surface area contributed by atoms with Gasteiger partial charge in [-0.15, -0.1) is 0 Å². The second-order valence-corrected chi connectivity index (χ2v) is 7.22. The lowest BCUT2D eigenvalue weighted by atomic mass is 9.75. The number of nitrogens with one attached hydrogen (secondary N) is 1. The van der Waals surface area contributed by atoms with Gasteiger partial charge in [-0.3, -0.25) is 4.79 Å². The molecule has 0 aromatic rings. The third-order valence-electron chi connectivity index (χ3n) is 5.64. The molecule has 0 aromatic carbocycles. The van der Waals surface area contributed by atoms with Gasteiger partial charge in [-0.2, -0.15) is 0 Å². The molecule has 4 nitrogen and oxygen atoms in total. The molecule has 0 spiro atoms. The van der Waals surface area contributed by atoms with Crippen molar-refractivity contribution in [2.45, 2.75) is 64.3 Å². The normalized spacial score (nSPS) is 29.6. The minimum absolute atomic E-state index is 0.227. The van der Waals surface area contributed by atoms with Crippen LogP contribution in [0.25, 0.3) is 0 Å². The maximum atomic E-state index is 11.6. The van der Waals surface area contributed by atoms with Gasteiger partial charge in [0.25, 0.3) is 0 Å². The van der Waals surface area contributed by atoms with Crippen LogP contribution in [0.3, 0.4) is 0 Å². The van der Waals surface area contributed by atoms with E-state index in [2.05, 4.69) is 10.2 Å². The van der Waals surface area contributed by atoms with Crippen molar-refractivity contribution in [1.29, 1.82) is 0 Å². The van der Waals surface area contributed by atoms with Crippen molar-refractivity contribution >= 4 is 5.91 Å². The van der Waals surface area contributed by atoms with Gasteiger partial charge < -0.3 is 16.0 Å². The Hall–Kier alpha value is -0.610. The predicted molar refractivity (Wildman–Crippen MR) is 87.0 cm³/mol. The molecule has 0 bridgehead atoms. The van der Waals surface area contributed by atoms with Crippen LogP contribution in [0.15, 0.2) is 0 Å². The van der Waals surface area contributed by atoms with E-state index in [4.69, 9.17) is 5.73 Å². The summed E-state index contributed by atoms with van der Waals surface area (Å²) in [6, 6.07) is 0. The average molecular weight is 295 g/mol. The van der Waals surface area contributed by atoms with E-state index in [9.17, 15) is 4.79 Å². The van der Waals surface area contributed by atoms with Crippen LogP contribution < -0.4 is 11.1 Å². The number of hydrogen-bond donors (Lipinski definition) is 2. The SMILES string of the molecule is CCNC(C)(CCCN1CCC2CCCCC2C1)C(N)=O. The van der Waals surface area contributed by atoms with Crippen molar-refractivity contribution < 1.29 is 4.79 Å². The molecule has 0 aromatic heterocycles. The molecule has 2 rings (SSSR count). The van der Waals surface area contributed by atoms with Crippen LogP contribution in [0.1, 0.15) is 58.8 Å². The molecule has 2 aliphatic rings. The number of hydrogen-bond acceptors (Lipinski definition) is 3. The smallest absolute Gasteiger partial charge is 0.237 e. The summed E-state index contributed by atoms with van der Waals surface area (Å²) in [6.45, 7) is 8.38. The van der Waals surface area contributed by atoms with Crippen molar-refractivity contribution in [3.8, 4) is 0 Å². The number of carbonyl (C=O) groups excluding carboxylic acids is 1. The molecule has 0 radical (unpaired) electrons. The number of nitrogens with two attached hydrogens (primary N) is 1. The minimum atomic E-state index is -0.544. The van der Waals surface area contributed by atoms with Crippen molar-refractivity contribution in [2.24, 2.45) is 17.6 Å². The second kappa shape index (κ2) is 7.59. The van der Waals surface area contributed by atoms with Crippen molar-refractivity contribution in [3.63, 3.8) is 0 Å². The van der Waals surface area contributed by atoms with E-state index < -0.39 is 5.54 Å². The fraction of sp³-hybridized carbons (Fsp3) is 0.941. The standard InChI is InChI=1S/C17H33N3O/c1-3-19-17(2,16(18)21)10-6-11-20-12-9-14-7-4-5-8-15(14)13-20/h14-15,19H,3-13H2,1-2H3,(H2,18,21). The predicted octanol–water partition coefficient (Wildman–Crippen LogP) is 2.13. The maximum absolute atomic E-state index is 11.6. The van der Waals surface area contributed by atoms with Crippen LogP contribution in [0.2, 0.25) is 0 Å². The van der Waals surface area contributed by atoms with Crippen molar-refractivity contribution in [1.82, 2.24) is 10.2 Å². The van der Waals surface area contributed by atoms with E-state index in [1.165, 1.54) is 45.2 Å². The number of nitrogens with zero attached hydrogens (tertiary/aromatic N) is 1. The quantitative estimate of drug-likeness (QED) is 0.756. The van der Waals surface area contributed by atoms with Gasteiger partial charge in [0.15, 0.2) is 0 Å². The van der Waals surface area contributed by atoms with Gasteiger partial charge in [-0.1, -0.05) is 26.2 Å². The van der Waals surface area contributed by atoms with Gasteiger partial charge in [0.1, 0.15) is 0 Å². The van der Waals surface area contributed by atoms with Crippen LogP contribution in [0.5, 0.6) is 0 Å². The first-order valence-corrected chi connectivity index (χ1v) is 8.82. The molecule has 1 aliphatic heterocycles. The number of amides is 1. The molecular formula is C17H33N3O. The molecule has 122 valence electrons. The van der Waals surface area contributed by atoms with Gasteiger partial charge in [0.2, 0.25) is 5.91 Å². The van der Waals surface area contributed by atoms with Crippen LogP contribution in [-0.2, 0) is 4.79 Å². The molecule has 3 unspecified atom stereocenters. The highest BCUT2D eigenvalue weighted by Gasteiger charge is 2.32. The van der Waals surface area contributed by atoms with Crippen LogP contribution in [-0.4, -0.2) is 42.5 Å². The highest BCUT2D eigenvalue weighted by molar-refractivity contribution is 5.84. The lowest BCUT2D eigenvalue weighted by Gasteiger charge is -2.41. The van der Waals surface area contributed by atoms with E-state index in [1.54, 1.807) is 0 Å². The molecule has 2 fully saturated rings. The molecule has 3 atom stereocenters. The summed E-state index contributed by atoms with van der Waals surface area (Å²) in [6.07, 6.45) is 9.02. The van der Waals surface area contributed by atoms with Crippen molar-refractivity contribution in [3.05, 3.63) is 0 Å². The summed E-state index contributed by atoms with van der Waals surface area (Å²) in [7, 11) is 0. The Balaban J connectivity index is 1.74. The number of likely N-dealkylation sites (N-methyl/N-ethyl adjacent to an activating group) is 1. The molecule has 4 heteroatoms. The number of fused-ring (bicyclic) bond motifs is 1. The number of carbonyl (C=O) groups is 1. The molecule has 1 amide bonds. The fourth-order valence-corrected chi connectivity index (χ4v) is 4.22. The third kappa shape index (κ3) is 4.43. The number of primary amides is 1. The van der Waals surface area contributed by atoms with Crippen LogP contribution in [0, 0.1) is 11.8 Å². The third-order valence-corrected chi connectivity index (χ3v) is 5.64. The number of likely N-dealkylation sites (tertiary alicyclic amines) is 1. The monoisotopic (exact) mass is 295 g/mol. The molecule has 1 aliphatic carbocycles. The van der Waals surface area contributed by atoms with Gasteiger partial charge in [-0.25, -0.2) is 0 Å². The van der Waals surface area contributed by atoms with Gasteiger partial charge in [0.05, 0.1) is 5.54 Å². The van der Waals surface area contributed by atoms with Crippen LogP contribution in [0.4, 0.5) is 0 Å². The Bertz CT molecular complexity index is 347. The molecule has 1 saturated carbocycles. The summed E-state index contributed by atoms with van der Waals surface area (Å²) in [5.41, 5.74) is 5.00. The number of piperidine rings is 1. The van der Waals surface area contributed by atoms with E-state index >= 15 is 0 Å². The van der Waals surface area contributed by atoms with Gasteiger partial charge in [0, 0.05) is 6.54 Å². The zero-order valence-electron chi connectivity index (χ0n) is 13.9. The molecule has 1 heterocycles. The molecular weight excluding hydrogens is 262 g/mol. The Labute approximate surface area is 129 Å². The fourth-order valence-electron chi connectivity index (χ4n) is 4.22. The van der Waals surface area contributed by atoms with E-state index in [-0.39, 0.29) is 5.91 Å². The summed E-state index contributed by atoms with van der Waals surface area (Å²) < 4.78 is 0. The first kappa shape index (κ1) is 16.8. The summed E-state index contributed by atoms with van der Waals surface area (Å²) in [5, 5.41) is 3.25. The lowest BCUT2D eigenvalue weighted by Crippen LogP contribution is -2.53. The maximum Gasteiger partial charge on any atom is 0.237 e. The minimum Gasteiger partial charge on any atom is -0.368 e. The van der Waals surface area contributed by atoms with Crippen molar-refractivity contribution in [2.75, 3.05) is 26.2 Å². The summed E-state index contributed by atoms with van der Waals surface area (Å²) >= 11 is 0. The topological polar surface area (TPSA) is 58.4 Å². The van der Waals surface area contributed by atoms with E-state index in [0.717, 1.165) is 37.8 Å². The molecule has 3 N–H and O–H groups in total. The Morgan fingerprint density at radius 2 is 2.00 bits per heavy atom. The summed E-state index contributed by atoms with van der Waals surface area (Å²) in [4.78, 5) is 14.2. The second-order valence-electron chi connectivity index (χ2n) is 7.22. The highest BCUT2D eigenvalue weighted by atomic mass is 16.1. The Morgan fingerprint density at radius 1 is 1.29 bits per heavy atom.